The first kappa shape index (κ1) is 18.8. The van der Waals surface area contributed by atoms with Crippen molar-refractivity contribution in [1.82, 2.24) is 19.9 Å². The molecule has 1 fully saturated rings. The van der Waals surface area contributed by atoms with Gasteiger partial charge < -0.3 is 0 Å². The highest BCUT2D eigenvalue weighted by atomic mass is 32.2. The zero-order valence-corrected chi connectivity index (χ0v) is 16.2. The Morgan fingerprint density at radius 3 is 2.46 bits per heavy atom. The molecule has 1 unspecified atom stereocenters. The minimum absolute atomic E-state index is 0.147. The monoisotopic (exact) mass is 371 g/mol. The molecular weight excluding hydrogens is 346 g/mol. The van der Waals surface area contributed by atoms with Crippen LogP contribution in [0.2, 0.25) is 0 Å². The van der Waals surface area contributed by atoms with E-state index in [1.165, 1.54) is 0 Å². The van der Waals surface area contributed by atoms with E-state index >= 15 is 0 Å². The largest absolute Gasteiger partial charge is 0.296 e. The van der Waals surface area contributed by atoms with Gasteiger partial charge in [-0.25, -0.2) is 15.0 Å². The van der Waals surface area contributed by atoms with Crippen molar-refractivity contribution in [3.63, 3.8) is 0 Å². The van der Waals surface area contributed by atoms with Crippen LogP contribution in [0.3, 0.4) is 0 Å². The molecule has 1 aliphatic heterocycles. The summed E-state index contributed by atoms with van der Waals surface area (Å²) in [5.74, 6) is 2.30. The van der Waals surface area contributed by atoms with E-state index in [9.17, 15) is 4.79 Å². The van der Waals surface area contributed by atoms with Gasteiger partial charge in [0, 0.05) is 36.7 Å². The van der Waals surface area contributed by atoms with E-state index in [0.717, 1.165) is 55.1 Å². The molecule has 1 amide bonds. The molecule has 0 aromatic carbocycles. The van der Waals surface area contributed by atoms with Gasteiger partial charge in [-0.2, -0.15) is 0 Å². The maximum Gasteiger partial charge on any atom is 0.228 e. The fourth-order valence-electron chi connectivity index (χ4n) is 3.00. The first-order chi connectivity index (χ1) is 12.7. The standard InChI is InChI=1S/C19H25N5OS/c1-14(6-8-17-21-11-16(26-2)12-22-17)5-7-15-10-23-18(13-20-15)24-9-3-4-19(24)25/h10-14H,3-9H2,1-2H3. The van der Waals surface area contributed by atoms with Crippen LogP contribution in [-0.2, 0) is 17.6 Å². The predicted octanol–water partition coefficient (Wildman–Crippen LogP) is 3.32. The summed E-state index contributed by atoms with van der Waals surface area (Å²) >= 11 is 1.66. The molecule has 0 radical (unpaired) electrons. The first-order valence-electron chi connectivity index (χ1n) is 9.12. The molecule has 2 aromatic rings. The number of aromatic nitrogens is 4. The maximum absolute atomic E-state index is 11.7. The second-order valence-electron chi connectivity index (χ2n) is 6.74. The summed E-state index contributed by atoms with van der Waals surface area (Å²) in [5, 5.41) is 0. The van der Waals surface area contributed by atoms with Crippen molar-refractivity contribution in [2.75, 3.05) is 17.7 Å². The fraction of sp³-hybridized carbons (Fsp3) is 0.526. The number of aryl methyl sites for hydroxylation is 2. The molecule has 1 atom stereocenters. The average molecular weight is 372 g/mol. The van der Waals surface area contributed by atoms with Gasteiger partial charge in [-0.3, -0.25) is 14.7 Å². The average Bonchev–Trinajstić information content (AvgIpc) is 3.11. The third kappa shape index (κ3) is 5.00. The smallest absolute Gasteiger partial charge is 0.228 e. The molecule has 0 N–H and O–H groups in total. The Morgan fingerprint density at radius 2 is 1.85 bits per heavy atom. The van der Waals surface area contributed by atoms with Crippen LogP contribution in [0.1, 0.15) is 44.1 Å². The molecule has 0 saturated carbocycles. The lowest BCUT2D eigenvalue weighted by Gasteiger charge is -2.14. The number of hydrogen-bond donors (Lipinski definition) is 0. The molecule has 138 valence electrons. The van der Waals surface area contributed by atoms with Crippen molar-refractivity contribution in [2.45, 2.75) is 50.3 Å². The number of carbonyl (C=O) groups is 1. The summed E-state index contributed by atoms with van der Waals surface area (Å²) in [6, 6.07) is 0. The van der Waals surface area contributed by atoms with Gasteiger partial charge in [-0.1, -0.05) is 6.92 Å². The van der Waals surface area contributed by atoms with Crippen LogP contribution >= 0.6 is 11.8 Å². The Bertz CT molecular complexity index is 720. The Hall–Kier alpha value is -2.02. The number of anilines is 1. The van der Waals surface area contributed by atoms with Crippen LogP contribution in [0, 0.1) is 5.92 Å². The molecule has 3 rings (SSSR count). The summed E-state index contributed by atoms with van der Waals surface area (Å²) in [7, 11) is 0. The van der Waals surface area contributed by atoms with Crippen molar-refractivity contribution in [3.8, 4) is 0 Å². The van der Waals surface area contributed by atoms with Crippen molar-refractivity contribution < 1.29 is 4.79 Å². The van der Waals surface area contributed by atoms with Crippen molar-refractivity contribution in [2.24, 2.45) is 5.92 Å². The Balaban J connectivity index is 1.43. The van der Waals surface area contributed by atoms with Gasteiger partial charge in [-0.15, -0.1) is 11.8 Å². The van der Waals surface area contributed by atoms with Gasteiger partial charge in [-0.05, 0) is 37.9 Å². The van der Waals surface area contributed by atoms with Gasteiger partial charge in [0.05, 0.1) is 18.1 Å². The van der Waals surface area contributed by atoms with Crippen LogP contribution in [-0.4, -0.2) is 38.6 Å². The normalized spacial score (nSPS) is 15.5. The Kier molecular flexibility index (Phi) is 6.55. The summed E-state index contributed by atoms with van der Waals surface area (Å²) in [6.07, 6.45) is 14.8. The minimum Gasteiger partial charge on any atom is -0.296 e. The molecule has 7 heteroatoms. The van der Waals surface area contributed by atoms with E-state index in [-0.39, 0.29) is 5.91 Å². The van der Waals surface area contributed by atoms with Gasteiger partial charge in [0.1, 0.15) is 5.82 Å². The highest BCUT2D eigenvalue weighted by molar-refractivity contribution is 7.98. The van der Waals surface area contributed by atoms with E-state index in [1.807, 2.05) is 18.6 Å². The second kappa shape index (κ2) is 9.07. The molecule has 3 heterocycles. The van der Waals surface area contributed by atoms with Crippen molar-refractivity contribution in [3.05, 3.63) is 36.3 Å². The number of nitrogens with zero attached hydrogens (tertiary/aromatic N) is 5. The fourth-order valence-corrected chi connectivity index (χ4v) is 3.31. The third-order valence-electron chi connectivity index (χ3n) is 4.71. The highest BCUT2D eigenvalue weighted by Crippen LogP contribution is 2.19. The number of hydrogen-bond acceptors (Lipinski definition) is 6. The number of carbonyl (C=O) groups excluding carboxylic acids is 1. The predicted molar refractivity (Wildman–Crippen MR) is 103 cm³/mol. The topological polar surface area (TPSA) is 71.9 Å². The molecule has 0 spiro atoms. The summed E-state index contributed by atoms with van der Waals surface area (Å²) in [4.78, 5) is 32.3. The van der Waals surface area contributed by atoms with E-state index in [2.05, 4.69) is 26.9 Å². The molecule has 0 aliphatic carbocycles. The van der Waals surface area contributed by atoms with Gasteiger partial charge in [0.25, 0.3) is 0 Å². The van der Waals surface area contributed by atoms with Crippen molar-refractivity contribution >= 4 is 23.5 Å². The highest BCUT2D eigenvalue weighted by Gasteiger charge is 2.22. The first-order valence-corrected chi connectivity index (χ1v) is 10.3. The Labute approximate surface area is 158 Å². The second-order valence-corrected chi connectivity index (χ2v) is 7.62. The molecule has 26 heavy (non-hydrogen) atoms. The molecular formula is C19H25N5OS. The molecule has 0 bridgehead atoms. The zero-order valence-electron chi connectivity index (χ0n) is 15.4. The number of thioether (sulfide) groups is 1. The molecule has 6 nitrogen and oxygen atoms in total. The van der Waals surface area contributed by atoms with E-state index in [4.69, 9.17) is 0 Å². The molecule has 2 aromatic heterocycles. The molecule has 1 saturated heterocycles. The van der Waals surface area contributed by atoms with Crippen LogP contribution in [0.4, 0.5) is 5.82 Å². The van der Waals surface area contributed by atoms with Crippen LogP contribution < -0.4 is 4.90 Å². The third-order valence-corrected chi connectivity index (χ3v) is 5.40. The Morgan fingerprint density at radius 1 is 1.08 bits per heavy atom. The number of rotatable bonds is 8. The minimum atomic E-state index is 0.147. The SMILES string of the molecule is CSc1cnc(CCC(C)CCc2cnc(N3CCCC3=O)cn2)nc1. The summed E-state index contributed by atoms with van der Waals surface area (Å²) in [6.45, 7) is 3.00. The van der Waals surface area contributed by atoms with Gasteiger partial charge in [0.15, 0.2) is 5.82 Å². The van der Waals surface area contributed by atoms with E-state index in [1.54, 1.807) is 29.1 Å². The summed E-state index contributed by atoms with van der Waals surface area (Å²) in [5.41, 5.74) is 0.979. The lowest BCUT2D eigenvalue weighted by atomic mass is 9.98. The zero-order chi connectivity index (χ0) is 18.4. The van der Waals surface area contributed by atoms with Crippen LogP contribution in [0.5, 0.6) is 0 Å². The van der Waals surface area contributed by atoms with Crippen LogP contribution in [0.15, 0.2) is 29.7 Å². The molecule has 1 aliphatic rings. The van der Waals surface area contributed by atoms with Crippen molar-refractivity contribution in [1.29, 1.82) is 0 Å². The van der Waals surface area contributed by atoms with E-state index in [0.29, 0.717) is 18.2 Å². The van der Waals surface area contributed by atoms with Gasteiger partial charge in [0.2, 0.25) is 5.91 Å². The summed E-state index contributed by atoms with van der Waals surface area (Å²) < 4.78 is 0. The lowest BCUT2D eigenvalue weighted by Crippen LogP contribution is -2.24. The maximum atomic E-state index is 11.7. The van der Waals surface area contributed by atoms with Crippen LogP contribution in [0.25, 0.3) is 0 Å². The lowest BCUT2D eigenvalue weighted by molar-refractivity contribution is -0.117. The van der Waals surface area contributed by atoms with Gasteiger partial charge >= 0.3 is 0 Å². The quantitative estimate of drug-likeness (QED) is 0.663. The van der Waals surface area contributed by atoms with E-state index < -0.39 is 0 Å². The number of amides is 1.